The molecule has 0 spiro atoms. The maximum absolute atomic E-state index is 12.4. The maximum Gasteiger partial charge on any atom is 0.287 e. The Kier molecular flexibility index (Phi) is 5.89. The van der Waals surface area contributed by atoms with Gasteiger partial charge >= 0.3 is 0 Å². The molecule has 1 aromatic carbocycles. The number of rotatable bonds is 5. The zero-order valence-corrected chi connectivity index (χ0v) is 17.4. The molecule has 1 fully saturated rings. The molecule has 28 heavy (non-hydrogen) atoms. The standard InChI is InChI=1S/C20H24BrN3O4/c1-23-7-9-24(10-8-23)12-14-5-6-18(27-14)20(25)22-11-15-13-26-17-4-2-3-16(21)19(17)28-15/h2-6,15H,7-13H2,1H3,(H,22,25). The minimum absolute atomic E-state index is 0.244. The number of carbonyl (C=O) groups excluding carboxylic acids is 1. The average Bonchev–Trinajstić information content (AvgIpc) is 3.17. The van der Waals surface area contributed by atoms with Gasteiger partial charge in [0.2, 0.25) is 0 Å². The van der Waals surface area contributed by atoms with Crippen LogP contribution in [0.25, 0.3) is 0 Å². The number of halogens is 1. The molecule has 8 heteroatoms. The zero-order valence-electron chi connectivity index (χ0n) is 15.8. The zero-order chi connectivity index (χ0) is 19.5. The highest BCUT2D eigenvalue weighted by atomic mass is 79.9. The number of piperazine rings is 1. The molecule has 1 N–H and O–H groups in total. The first-order chi connectivity index (χ1) is 13.6. The van der Waals surface area contributed by atoms with Gasteiger partial charge in [0.1, 0.15) is 12.4 Å². The molecule has 0 aliphatic carbocycles. The van der Waals surface area contributed by atoms with Crippen LogP contribution in [0, 0.1) is 0 Å². The third kappa shape index (κ3) is 4.51. The van der Waals surface area contributed by atoms with Crippen molar-refractivity contribution in [2.75, 3.05) is 46.4 Å². The second-order valence-corrected chi connectivity index (χ2v) is 8.03. The van der Waals surface area contributed by atoms with E-state index >= 15 is 0 Å². The fourth-order valence-corrected chi connectivity index (χ4v) is 3.75. The van der Waals surface area contributed by atoms with Crippen molar-refractivity contribution < 1.29 is 18.7 Å². The quantitative estimate of drug-likeness (QED) is 0.755. The van der Waals surface area contributed by atoms with E-state index < -0.39 is 0 Å². The largest absolute Gasteiger partial charge is 0.486 e. The van der Waals surface area contributed by atoms with Crippen LogP contribution in [0.4, 0.5) is 0 Å². The Morgan fingerprint density at radius 3 is 2.86 bits per heavy atom. The summed E-state index contributed by atoms with van der Waals surface area (Å²) >= 11 is 3.46. The number of carbonyl (C=O) groups is 1. The van der Waals surface area contributed by atoms with E-state index in [1.807, 2.05) is 24.3 Å². The van der Waals surface area contributed by atoms with Crippen LogP contribution < -0.4 is 14.8 Å². The van der Waals surface area contributed by atoms with E-state index in [1.165, 1.54) is 0 Å². The van der Waals surface area contributed by atoms with Crippen molar-refractivity contribution in [3.8, 4) is 11.5 Å². The molecule has 0 radical (unpaired) electrons. The van der Waals surface area contributed by atoms with Gasteiger partial charge in [-0.2, -0.15) is 0 Å². The number of furan rings is 1. The number of fused-ring (bicyclic) bond motifs is 1. The lowest BCUT2D eigenvalue weighted by atomic mass is 10.2. The summed E-state index contributed by atoms with van der Waals surface area (Å²) < 4.78 is 18.2. The number of hydrogen-bond donors (Lipinski definition) is 1. The van der Waals surface area contributed by atoms with Crippen LogP contribution in [0.15, 0.2) is 39.2 Å². The van der Waals surface area contributed by atoms with Crippen LogP contribution in [0.2, 0.25) is 0 Å². The maximum atomic E-state index is 12.4. The van der Waals surface area contributed by atoms with Gasteiger partial charge in [-0.05, 0) is 47.2 Å². The first-order valence-corrected chi connectivity index (χ1v) is 10.2. The molecule has 3 heterocycles. The molecule has 1 unspecified atom stereocenters. The smallest absolute Gasteiger partial charge is 0.287 e. The predicted molar refractivity (Wildman–Crippen MR) is 108 cm³/mol. The number of hydrogen-bond acceptors (Lipinski definition) is 6. The molecule has 2 aliphatic heterocycles. The Balaban J connectivity index is 1.28. The highest BCUT2D eigenvalue weighted by molar-refractivity contribution is 9.10. The molecule has 1 aromatic heterocycles. The van der Waals surface area contributed by atoms with E-state index in [0.29, 0.717) is 30.4 Å². The van der Waals surface area contributed by atoms with E-state index in [0.717, 1.165) is 43.0 Å². The number of ether oxygens (including phenoxy) is 2. The highest BCUT2D eigenvalue weighted by Gasteiger charge is 2.24. The Labute approximate surface area is 172 Å². The Morgan fingerprint density at radius 2 is 2.04 bits per heavy atom. The van der Waals surface area contributed by atoms with Crippen LogP contribution in [-0.2, 0) is 6.54 Å². The normalized spacial score (nSPS) is 20.1. The van der Waals surface area contributed by atoms with Crippen molar-refractivity contribution in [3.63, 3.8) is 0 Å². The van der Waals surface area contributed by atoms with Crippen LogP contribution >= 0.6 is 15.9 Å². The average molecular weight is 450 g/mol. The number of para-hydroxylation sites is 1. The lowest BCUT2D eigenvalue weighted by Crippen LogP contribution is -2.43. The van der Waals surface area contributed by atoms with Crippen molar-refractivity contribution in [1.29, 1.82) is 0 Å². The van der Waals surface area contributed by atoms with Gasteiger partial charge in [0.05, 0.1) is 17.6 Å². The summed E-state index contributed by atoms with van der Waals surface area (Å²) in [4.78, 5) is 17.1. The number of nitrogens with one attached hydrogen (secondary N) is 1. The van der Waals surface area contributed by atoms with Crippen LogP contribution in [0.1, 0.15) is 16.3 Å². The minimum Gasteiger partial charge on any atom is -0.486 e. The number of amides is 1. The lowest BCUT2D eigenvalue weighted by molar-refractivity contribution is 0.0765. The van der Waals surface area contributed by atoms with Gasteiger partial charge in [-0.1, -0.05) is 6.07 Å². The van der Waals surface area contributed by atoms with Gasteiger partial charge in [0, 0.05) is 26.2 Å². The Hall–Kier alpha value is -2.03. The van der Waals surface area contributed by atoms with Crippen LogP contribution in [-0.4, -0.2) is 68.2 Å². The lowest BCUT2D eigenvalue weighted by Gasteiger charge is -2.31. The molecule has 7 nitrogen and oxygen atoms in total. The second kappa shape index (κ2) is 8.55. The van der Waals surface area contributed by atoms with Crippen molar-refractivity contribution in [1.82, 2.24) is 15.1 Å². The summed E-state index contributed by atoms with van der Waals surface area (Å²) in [5, 5.41) is 2.87. The number of benzene rings is 1. The van der Waals surface area contributed by atoms with Crippen LogP contribution in [0.3, 0.4) is 0 Å². The minimum atomic E-state index is -0.255. The first-order valence-electron chi connectivity index (χ1n) is 9.44. The van der Waals surface area contributed by atoms with Crippen molar-refractivity contribution in [3.05, 3.63) is 46.3 Å². The summed E-state index contributed by atoms with van der Waals surface area (Å²) in [5.74, 6) is 2.26. The fourth-order valence-electron chi connectivity index (χ4n) is 3.31. The molecule has 1 saturated heterocycles. The van der Waals surface area contributed by atoms with E-state index in [9.17, 15) is 4.79 Å². The highest BCUT2D eigenvalue weighted by Crippen LogP contribution is 2.38. The molecule has 2 aromatic rings. The van der Waals surface area contributed by atoms with Gasteiger partial charge in [-0.3, -0.25) is 9.69 Å². The van der Waals surface area contributed by atoms with Crippen LogP contribution in [0.5, 0.6) is 11.5 Å². The summed E-state index contributed by atoms with van der Waals surface area (Å²) in [6.45, 7) is 5.58. The van der Waals surface area contributed by atoms with Crippen molar-refractivity contribution in [2.45, 2.75) is 12.6 Å². The summed E-state index contributed by atoms with van der Waals surface area (Å²) in [5.41, 5.74) is 0. The predicted octanol–water partition coefficient (Wildman–Crippen LogP) is 2.36. The summed E-state index contributed by atoms with van der Waals surface area (Å²) in [6.07, 6.45) is -0.255. The van der Waals surface area contributed by atoms with Crippen molar-refractivity contribution >= 4 is 21.8 Å². The van der Waals surface area contributed by atoms with Gasteiger partial charge in [0.15, 0.2) is 23.4 Å². The second-order valence-electron chi connectivity index (χ2n) is 7.17. The molecule has 0 saturated carbocycles. The molecule has 1 amide bonds. The molecule has 4 rings (SSSR count). The molecular weight excluding hydrogens is 426 g/mol. The van der Waals surface area contributed by atoms with Gasteiger partial charge < -0.3 is 24.1 Å². The Bertz CT molecular complexity index is 833. The summed E-state index contributed by atoms with van der Waals surface area (Å²) in [6, 6.07) is 9.25. The fraction of sp³-hybridized carbons (Fsp3) is 0.450. The van der Waals surface area contributed by atoms with E-state index in [-0.39, 0.29) is 12.0 Å². The topological polar surface area (TPSA) is 67.2 Å². The van der Waals surface area contributed by atoms with Gasteiger partial charge in [-0.25, -0.2) is 0 Å². The Morgan fingerprint density at radius 1 is 1.21 bits per heavy atom. The third-order valence-electron chi connectivity index (χ3n) is 4.99. The SMILES string of the molecule is CN1CCN(Cc2ccc(C(=O)NCC3COc4cccc(Br)c4O3)o2)CC1. The molecule has 150 valence electrons. The molecule has 2 aliphatic rings. The van der Waals surface area contributed by atoms with E-state index in [1.54, 1.807) is 6.07 Å². The molecule has 0 bridgehead atoms. The summed E-state index contributed by atoms with van der Waals surface area (Å²) in [7, 11) is 2.13. The number of nitrogens with zero attached hydrogens (tertiary/aromatic N) is 2. The number of likely N-dealkylation sites (N-methyl/N-ethyl adjacent to an activating group) is 1. The third-order valence-corrected chi connectivity index (χ3v) is 5.62. The molecular formula is C20H24BrN3O4. The van der Waals surface area contributed by atoms with Gasteiger partial charge in [-0.15, -0.1) is 0 Å². The molecule has 1 atom stereocenters. The van der Waals surface area contributed by atoms with E-state index in [2.05, 4.69) is 38.1 Å². The van der Waals surface area contributed by atoms with Crippen molar-refractivity contribution in [2.24, 2.45) is 0 Å². The monoisotopic (exact) mass is 449 g/mol. The van der Waals surface area contributed by atoms with Gasteiger partial charge in [0.25, 0.3) is 5.91 Å². The first kappa shape index (κ1) is 19.3. The van der Waals surface area contributed by atoms with E-state index in [4.69, 9.17) is 13.9 Å².